The fourth-order valence-corrected chi connectivity index (χ4v) is 1.24. The third-order valence-electron chi connectivity index (χ3n) is 1.98. The van der Waals surface area contributed by atoms with Gasteiger partial charge in [0.15, 0.2) is 5.82 Å². The zero-order chi connectivity index (χ0) is 7.84. The molecule has 4 heteroatoms. The van der Waals surface area contributed by atoms with Crippen molar-refractivity contribution in [3.8, 4) is 0 Å². The van der Waals surface area contributed by atoms with Crippen LogP contribution in [0.1, 0.15) is 11.6 Å². The van der Waals surface area contributed by atoms with Crippen molar-refractivity contribution in [2.45, 2.75) is 5.92 Å². The second kappa shape index (κ2) is 2.30. The third kappa shape index (κ3) is 1.03. The van der Waals surface area contributed by atoms with Gasteiger partial charge in [0.1, 0.15) is 5.69 Å². The van der Waals surface area contributed by atoms with Gasteiger partial charge in [-0.25, -0.2) is 4.39 Å². The number of aromatic nitrogens is 2. The monoisotopic (exact) mass is 155 g/mol. The predicted octanol–water partition coefficient (Wildman–Crippen LogP) is 0.246. The van der Waals surface area contributed by atoms with E-state index in [1.54, 1.807) is 7.05 Å². The summed E-state index contributed by atoms with van der Waals surface area (Å²) in [5.74, 6) is 0.107. The first kappa shape index (κ1) is 6.79. The molecule has 0 aliphatic carbocycles. The van der Waals surface area contributed by atoms with Crippen molar-refractivity contribution in [1.29, 1.82) is 0 Å². The van der Waals surface area contributed by atoms with Crippen LogP contribution in [0, 0.1) is 5.82 Å². The van der Waals surface area contributed by atoms with Crippen LogP contribution in [-0.4, -0.2) is 22.9 Å². The van der Waals surface area contributed by atoms with E-state index in [1.807, 2.05) is 0 Å². The largest absolute Gasteiger partial charge is 0.315 e. The second-order valence-corrected chi connectivity index (χ2v) is 2.89. The number of rotatable bonds is 1. The molecule has 1 aromatic rings. The Labute approximate surface area is 64.2 Å². The molecule has 2 heterocycles. The lowest BCUT2D eigenvalue weighted by Crippen LogP contribution is -2.40. The number of hydrogen-bond donors (Lipinski definition) is 1. The van der Waals surface area contributed by atoms with Crippen LogP contribution >= 0.6 is 0 Å². The maximum Gasteiger partial charge on any atom is 0.164 e. The van der Waals surface area contributed by atoms with E-state index in [2.05, 4.69) is 10.4 Å². The zero-order valence-corrected chi connectivity index (χ0v) is 6.34. The van der Waals surface area contributed by atoms with E-state index < -0.39 is 0 Å². The lowest BCUT2D eigenvalue weighted by molar-refractivity contribution is 0.421. The summed E-state index contributed by atoms with van der Waals surface area (Å²) in [6.07, 6.45) is 1.41. The molecule has 0 unspecified atom stereocenters. The number of halogens is 1. The van der Waals surface area contributed by atoms with Gasteiger partial charge >= 0.3 is 0 Å². The van der Waals surface area contributed by atoms with Gasteiger partial charge in [0.25, 0.3) is 0 Å². The average molecular weight is 155 g/mol. The van der Waals surface area contributed by atoms with Crippen molar-refractivity contribution < 1.29 is 4.39 Å². The number of aryl methyl sites for hydroxylation is 1. The fourth-order valence-electron chi connectivity index (χ4n) is 1.24. The van der Waals surface area contributed by atoms with Crippen molar-refractivity contribution in [1.82, 2.24) is 15.1 Å². The lowest BCUT2D eigenvalue weighted by Gasteiger charge is -2.24. The van der Waals surface area contributed by atoms with Gasteiger partial charge in [-0.05, 0) is 0 Å². The molecule has 0 amide bonds. The van der Waals surface area contributed by atoms with Crippen LogP contribution in [0.3, 0.4) is 0 Å². The van der Waals surface area contributed by atoms with E-state index >= 15 is 0 Å². The first-order valence-electron chi connectivity index (χ1n) is 3.67. The zero-order valence-electron chi connectivity index (χ0n) is 6.34. The molecule has 0 saturated carbocycles. The molecule has 0 bridgehead atoms. The van der Waals surface area contributed by atoms with E-state index in [4.69, 9.17) is 0 Å². The SMILES string of the molecule is Cn1cc(F)c(C2CNC2)n1. The van der Waals surface area contributed by atoms with Gasteiger partial charge in [0.2, 0.25) is 0 Å². The Morgan fingerprint density at radius 2 is 2.45 bits per heavy atom. The topological polar surface area (TPSA) is 29.9 Å². The predicted molar refractivity (Wildman–Crippen MR) is 38.8 cm³/mol. The minimum atomic E-state index is -0.181. The molecule has 11 heavy (non-hydrogen) atoms. The van der Waals surface area contributed by atoms with Crippen LogP contribution < -0.4 is 5.32 Å². The van der Waals surface area contributed by atoms with Gasteiger partial charge in [0.05, 0.1) is 6.20 Å². The van der Waals surface area contributed by atoms with Crippen LogP contribution in [0.4, 0.5) is 4.39 Å². The normalized spacial score (nSPS) is 18.4. The van der Waals surface area contributed by atoms with Crippen molar-refractivity contribution in [3.05, 3.63) is 17.7 Å². The number of hydrogen-bond acceptors (Lipinski definition) is 2. The molecule has 3 nitrogen and oxygen atoms in total. The van der Waals surface area contributed by atoms with Gasteiger partial charge < -0.3 is 5.32 Å². The smallest absolute Gasteiger partial charge is 0.164 e. The molecular weight excluding hydrogens is 145 g/mol. The highest BCUT2D eigenvalue weighted by atomic mass is 19.1. The molecule has 1 aliphatic heterocycles. The Morgan fingerprint density at radius 1 is 1.73 bits per heavy atom. The summed E-state index contributed by atoms with van der Waals surface area (Å²) in [5.41, 5.74) is 0.603. The van der Waals surface area contributed by atoms with Crippen molar-refractivity contribution >= 4 is 0 Å². The number of nitrogens with one attached hydrogen (secondary N) is 1. The summed E-state index contributed by atoms with van der Waals surface area (Å²) in [6.45, 7) is 1.71. The lowest BCUT2D eigenvalue weighted by atomic mass is 10.00. The van der Waals surface area contributed by atoms with Crippen LogP contribution in [0.15, 0.2) is 6.20 Å². The van der Waals surface area contributed by atoms with E-state index in [0.29, 0.717) is 5.69 Å². The fraction of sp³-hybridized carbons (Fsp3) is 0.571. The standard InChI is InChI=1S/C7H10FN3/c1-11-4-6(8)7(10-11)5-2-9-3-5/h4-5,9H,2-3H2,1H3. The molecular formula is C7H10FN3. The first-order valence-corrected chi connectivity index (χ1v) is 3.67. The molecule has 1 aliphatic rings. The molecule has 0 radical (unpaired) electrons. The van der Waals surface area contributed by atoms with Crippen LogP contribution in [0.5, 0.6) is 0 Å². The van der Waals surface area contributed by atoms with Crippen molar-refractivity contribution in [2.75, 3.05) is 13.1 Å². The Kier molecular flexibility index (Phi) is 1.42. The molecule has 0 aromatic carbocycles. The maximum atomic E-state index is 13.0. The van der Waals surface area contributed by atoms with Gasteiger partial charge in [-0.2, -0.15) is 5.10 Å². The summed E-state index contributed by atoms with van der Waals surface area (Å²) in [5, 5.41) is 7.11. The molecule has 1 fully saturated rings. The summed E-state index contributed by atoms with van der Waals surface area (Å²) < 4.78 is 14.5. The number of nitrogens with zero attached hydrogens (tertiary/aromatic N) is 2. The Bertz CT molecular complexity index is 265. The molecule has 60 valence electrons. The van der Waals surface area contributed by atoms with E-state index in [1.165, 1.54) is 10.9 Å². The molecule has 1 N–H and O–H groups in total. The minimum absolute atomic E-state index is 0.181. The molecule has 0 atom stereocenters. The van der Waals surface area contributed by atoms with Crippen LogP contribution in [-0.2, 0) is 7.05 Å². The van der Waals surface area contributed by atoms with Gasteiger partial charge in [-0.3, -0.25) is 4.68 Å². The summed E-state index contributed by atoms with van der Waals surface area (Å²) in [6, 6.07) is 0. The summed E-state index contributed by atoms with van der Waals surface area (Å²) in [4.78, 5) is 0. The highest BCUT2D eigenvalue weighted by Crippen LogP contribution is 2.20. The maximum absolute atomic E-state index is 13.0. The molecule has 1 saturated heterocycles. The third-order valence-corrected chi connectivity index (χ3v) is 1.98. The Hall–Kier alpha value is -0.900. The molecule has 0 spiro atoms. The van der Waals surface area contributed by atoms with Gasteiger partial charge in [0, 0.05) is 26.1 Å². The highest BCUT2D eigenvalue weighted by molar-refractivity contribution is 5.13. The second-order valence-electron chi connectivity index (χ2n) is 2.89. The van der Waals surface area contributed by atoms with E-state index in [0.717, 1.165) is 13.1 Å². The summed E-state index contributed by atoms with van der Waals surface area (Å²) in [7, 11) is 1.73. The molecule has 2 rings (SSSR count). The highest BCUT2D eigenvalue weighted by Gasteiger charge is 2.24. The van der Waals surface area contributed by atoms with E-state index in [9.17, 15) is 4.39 Å². The first-order chi connectivity index (χ1) is 5.27. The summed E-state index contributed by atoms with van der Waals surface area (Å²) >= 11 is 0. The van der Waals surface area contributed by atoms with E-state index in [-0.39, 0.29) is 11.7 Å². The van der Waals surface area contributed by atoms with Crippen LogP contribution in [0.2, 0.25) is 0 Å². The Balaban J connectivity index is 2.28. The van der Waals surface area contributed by atoms with Crippen molar-refractivity contribution in [3.63, 3.8) is 0 Å². The average Bonchev–Trinajstić information content (AvgIpc) is 2.07. The van der Waals surface area contributed by atoms with Gasteiger partial charge in [-0.15, -0.1) is 0 Å². The minimum Gasteiger partial charge on any atom is -0.315 e. The quantitative estimate of drug-likeness (QED) is 0.630. The van der Waals surface area contributed by atoms with Gasteiger partial charge in [-0.1, -0.05) is 0 Å². The molecule has 1 aromatic heterocycles. The Morgan fingerprint density at radius 3 is 2.82 bits per heavy atom. The van der Waals surface area contributed by atoms with Crippen LogP contribution in [0.25, 0.3) is 0 Å². The van der Waals surface area contributed by atoms with Crippen molar-refractivity contribution in [2.24, 2.45) is 7.05 Å².